The van der Waals surface area contributed by atoms with Gasteiger partial charge in [0.05, 0.1) is 0 Å². The van der Waals surface area contributed by atoms with Crippen LogP contribution in [0.1, 0.15) is 34.5 Å². The van der Waals surface area contributed by atoms with Gasteiger partial charge in [-0.2, -0.15) is 0 Å². The highest BCUT2D eigenvalue weighted by molar-refractivity contribution is 4.44. The summed E-state index contributed by atoms with van der Waals surface area (Å²) in [6, 6.07) is 0. The lowest BCUT2D eigenvalue weighted by molar-refractivity contribution is 0.131. The highest BCUT2D eigenvalue weighted by atomic mass is 16.5. The standard InChI is InChI=1S/C9H21NO.H2/c1-3-8-11-9-6-5-7-10-4-2;/h10H,3-9H2,1-2H3;1H. The van der Waals surface area contributed by atoms with Crippen molar-refractivity contribution < 1.29 is 6.16 Å². The van der Waals surface area contributed by atoms with Gasteiger partial charge in [-0.15, -0.1) is 0 Å². The molecule has 0 radical (unpaired) electrons. The summed E-state index contributed by atoms with van der Waals surface area (Å²) >= 11 is 0. The summed E-state index contributed by atoms with van der Waals surface area (Å²) in [5, 5.41) is 3.28. The Labute approximate surface area is 71.8 Å². The molecule has 1 N–H and O–H groups in total. The maximum absolute atomic E-state index is 5.34. The average Bonchev–Trinajstić information content (AvgIpc) is 2.03. The zero-order valence-electron chi connectivity index (χ0n) is 7.86. The zero-order valence-corrected chi connectivity index (χ0v) is 7.86. The maximum atomic E-state index is 5.34. The van der Waals surface area contributed by atoms with Gasteiger partial charge in [-0.1, -0.05) is 13.8 Å². The molecule has 0 saturated heterocycles. The minimum atomic E-state index is 0. The average molecular weight is 161 g/mol. The van der Waals surface area contributed by atoms with Gasteiger partial charge in [0, 0.05) is 14.6 Å². The number of ether oxygens (including phenoxy) is 1. The molecule has 0 unspecified atom stereocenters. The first-order valence-electron chi connectivity index (χ1n) is 4.70. The highest BCUT2D eigenvalue weighted by Gasteiger charge is 1.87. The highest BCUT2D eigenvalue weighted by Crippen LogP contribution is 1.89. The van der Waals surface area contributed by atoms with E-state index in [1.165, 1.54) is 12.8 Å². The van der Waals surface area contributed by atoms with Crippen molar-refractivity contribution in [3.8, 4) is 0 Å². The molecule has 0 fully saturated rings. The largest absolute Gasteiger partial charge is 0.381 e. The Bertz CT molecular complexity index is 63.5. The van der Waals surface area contributed by atoms with Gasteiger partial charge < -0.3 is 10.1 Å². The van der Waals surface area contributed by atoms with E-state index in [0.29, 0.717) is 0 Å². The molecule has 0 amide bonds. The van der Waals surface area contributed by atoms with E-state index >= 15 is 0 Å². The Morgan fingerprint density at radius 2 is 2.00 bits per heavy atom. The fourth-order valence-electron chi connectivity index (χ4n) is 0.877. The van der Waals surface area contributed by atoms with Gasteiger partial charge in [-0.05, 0) is 32.4 Å². The Morgan fingerprint density at radius 1 is 1.18 bits per heavy atom. The van der Waals surface area contributed by atoms with Gasteiger partial charge in [0.25, 0.3) is 0 Å². The number of hydrogen-bond acceptors (Lipinski definition) is 2. The fraction of sp³-hybridized carbons (Fsp3) is 1.00. The van der Waals surface area contributed by atoms with Crippen molar-refractivity contribution in [2.24, 2.45) is 0 Å². The summed E-state index contributed by atoms with van der Waals surface area (Å²) < 4.78 is 5.34. The topological polar surface area (TPSA) is 21.3 Å². The van der Waals surface area contributed by atoms with E-state index in [1.807, 2.05) is 0 Å². The van der Waals surface area contributed by atoms with Gasteiger partial charge >= 0.3 is 0 Å². The van der Waals surface area contributed by atoms with Gasteiger partial charge in [0.15, 0.2) is 0 Å². The van der Waals surface area contributed by atoms with E-state index in [1.54, 1.807) is 0 Å². The van der Waals surface area contributed by atoms with Crippen molar-refractivity contribution in [3.05, 3.63) is 0 Å². The molecule has 0 atom stereocenters. The molecule has 0 aromatic heterocycles. The molecule has 0 aliphatic carbocycles. The van der Waals surface area contributed by atoms with Crippen LogP contribution in [0.2, 0.25) is 0 Å². The summed E-state index contributed by atoms with van der Waals surface area (Å²) in [7, 11) is 0. The Kier molecular flexibility index (Phi) is 9.85. The smallest absolute Gasteiger partial charge is 0.0466 e. The van der Waals surface area contributed by atoms with Gasteiger partial charge in [-0.3, -0.25) is 0 Å². The normalized spacial score (nSPS) is 10.4. The molecule has 70 valence electrons. The third kappa shape index (κ3) is 9.92. The monoisotopic (exact) mass is 161 g/mol. The molecule has 11 heavy (non-hydrogen) atoms. The minimum absolute atomic E-state index is 0. The third-order valence-corrected chi connectivity index (χ3v) is 1.49. The first-order chi connectivity index (χ1) is 5.41. The van der Waals surface area contributed by atoms with Crippen molar-refractivity contribution in [1.29, 1.82) is 0 Å². The van der Waals surface area contributed by atoms with Crippen LogP contribution in [0.5, 0.6) is 0 Å². The maximum Gasteiger partial charge on any atom is 0.0466 e. The first-order valence-corrected chi connectivity index (χ1v) is 4.70. The lowest BCUT2D eigenvalue weighted by atomic mass is 10.3. The molecular formula is C9H23NO. The van der Waals surface area contributed by atoms with Gasteiger partial charge in [0.1, 0.15) is 0 Å². The fourth-order valence-corrected chi connectivity index (χ4v) is 0.877. The van der Waals surface area contributed by atoms with Crippen LogP contribution in [0.4, 0.5) is 0 Å². The molecular weight excluding hydrogens is 138 g/mol. The van der Waals surface area contributed by atoms with Crippen LogP contribution in [-0.4, -0.2) is 26.3 Å². The van der Waals surface area contributed by atoms with Crippen LogP contribution < -0.4 is 5.32 Å². The molecule has 0 aromatic carbocycles. The van der Waals surface area contributed by atoms with Crippen LogP contribution >= 0.6 is 0 Å². The van der Waals surface area contributed by atoms with Gasteiger partial charge in [-0.25, -0.2) is 0 Å². The Balaban J connectivity index is 0. The number of rotatable bonds is 8. The Morgan fingerprint density at radius 3 is 2.64 bits per heavy atom. The van der Waals surface area contributed by atoms with Crippen LogP contribution in [-0.2, 0) is 4.74 Å². The minimum Gasteiger partial charge on any atom is -0.381 e. The van der Waals surface area contributed by atoms with Crippen LogP contribution in [0, 0.1) is 0 Å². The molecule has 0 bridgehead atoms. The summed E-state index contributed by atoms with van der Waals surface area (Å²) in [6.07, 6.45) is 3.55. The van der Waals surface area contributed by atoms with Crippen molar-refractivity contribution in [2.75, 3.05) is 26.3 Å². The zero-order chi connectivity index (χ0) is 8.36. The van der Waals surface area contributed by atoms with Crippen molar-refractivity contribution >= 4 is 0 Å². The second-order valence-electron chi connectivity index (χ2n) is 2.67. The predicted molar refractivity (Wildman–Crippen MR) is 51.0 cm³/mol. The molecule has 2 heteroatoms. The van der Waals surface area contributed by atoms with E-state index in [9.17, 15) is 0 Å². The molecule has 0 heterocycles. The molecule has 0 saturated carbocycles. The summed E-state index contributed by atoms with van der Waals surface area (Å²) in [5.74, 6) is 0. The first kappa shape index (κ1) is 10.9. The van der Waals surface area contributed by atoms with Crippen molar-refractivity contribution in [2.45, 2.75) is 33.1 Å². The molecule has 0 aliphatic heterocycles. The molecule has 0 aromatic rings. The summed E-state index contributed by atoms with van der Waals surface area (Å²) in [6.45, 7) is 8.33. The molecule has 0 aliphatic rings. The second-order valence-corrected chi connectivity index (χ2v) is 2.67. The van der Waals surface area contributed by atoms with Crippen LogP contribution in [0.25, 0.3) is 0 Å². The van der Waals surface area contributed by atoms with E-state index in [2.05, 4.69) is 19.2 Å². The van der Waals surface area contributed by atoms with Crippen LogP contribution in [0.15, 0.2) is 0 Å². The lowest BCUT2D eigenvalue weighted by Gasteiger charge is -2.02. The summed E-state index contributed by atoms with van der Waals surface area (Å²) in [5.41, 5.74) is 0. The number of unbranched alkanes of at least 4 members (excludes halogenated alkanes) is 1. The van der Waals surface area contributed by atoms with Gasteiger partial charge in [0.2, 0.25) is 0 Å². The quantitative estimate of drug-likeness (QED) is 0.550. The molecule has 2 nitrogen and oxygen atoms in total. The van der Waals surface area contributed by atoms with E-state index in [4.69, 9.17) is 4.74 Å². The molecule has 0 rings (SSSR count). The SMILES string of the molecule is CCCOCCCCNCC.[HH]. The van der Waals surface area contributed by atoms with E-state index in [-0.39, 0.29) is 1.43 Å². The van der Waals surface area contributed by atoms with Crippen molar-refractivity contribution in [1.82, 2.24) is 5.32 Å². The van der Waals surface area contributed by atoms with E-state index in [0.717, 1.165) is 32.7 Å². The molecule has 0 spiro atoms. The predicted octanol–water partition coefficient (Wildman–Crippen LogP) is 2.05. The lowest BCUT2D eigenvalue weighted by Crippen LogP contribution is -2.14. The summed E-state index contributed by atoms with van der Waals surface area (Å²) in [4.78, 5) is 0. The number of hydrogen-bond donors (Lipinski definition) is 1. The Hall–Kier alpha value is -0.0800. The van der Waals surface area contributed by atoms with Crippen LogP contribution in [0.3, 0.4) is 0 Å². The number of nitrogens with one attached hydrogen (secondary N) is 1. The van der Waals surface area contributed by atoms with Crippen molar-refractivity contribution in [3.63, 3.8) is 0 Å². The third-order valence-electron chi connectivity index (χ3n) is 1.49. The van der Waals surface area contributed by atoms with E-state index < -0.39 is 0 Å². The second kappa shape index (κ2) is 9.92.